The average molecular weight is 165 g/mol. The third-order valence-electron chi connectivity index (χ3n) is 2.20. The number of fused-ring (bicyclic) bond motifs is 1. The summed E-state index contributed by atoms with van der Waals surface area (Å²) in [6.07, 6.45) is 2.34. The first-order valence-electron chi connectivity index (χ1n) is 3.98. The Morgan fingerprint density at radius 3 is 3.00 bits per heavy atom. The van der Waals surface area contributed by atoms with Gasteiger partial charge in [0.15, 0.2) is 0 Å². The minimum atomic E-state index is 0.000648. The molecule has 0 atom stereocenters. The van der Waals surface area contributed by atoms with Crippen LogP contribution in [0.2, 0.25) is 0 Å². The highest BCUT2D eigenvalue weighted by Crippen LogP contribution is 2.14. The fourth-order valence-electron chi connectivity index (χ4n) is 1.53. The van der Waals surface area contributed by atoms with Gasteiger partial charge in [-0.05, 0) is 18.5 Å². The third kappa shape index (κ3) is 1.00. The molecular formula is C8H11N3O. The monoisotopic (exact) mass is 165 g/mol. The van der Waals surface area contributed by atoms with E-state index in [2.05, 4.69) is 10.3 Å². The standard InChI is InChI=1S/C8H11N3O/c9-7-4-11-8(12)5-1-2-10-3-6(5)7/h4,10H,1-3,9H2,(H,11,12). The molecule has 4 nitrogen and oxygen atoms in total. The maximum absolute atomic E-state index is 11.3. The van der Waals surface area contributed by atoms with Gasteiger partial charge in [0, 0.05) is 18.3 Å². The number of aromatic nitrogens is 1. The summed E-state index contributed by atoms with van der Waals surface area (Å²) in [6, 6.07) is 0. The summed E-state index contributed by atoms with van der Waals surface area (Å²) in [5.74, 6) is 0. The van der Waals surface area contributed by atoms with Crippen molar-refractivity contribution < 1.29 is 0 Å². The van der Waals surface area contributed by atoms with E-state index in [1.165, 1.54) is 0 Å². The summed E-state index contributed by atoms with van der Waals surface area (Å²) < 4.78 is 0. The lowest BCUT2D eigenvalue weighted by molar-refractivity contribution is 0.639. The lowest BCUT2D eigenvalue weighted by Gasteiger charge is -2.17. The van der Waals surface area contributed by atoms with Gasteiger partial charge < -0.3 is 16.0 Å². The Kier molecular flexibility index (Phi) is 1.62. The van der Waals surface area contributed by atoms with Crippen molar-refractivity contribution in [1.82, 2.24) is 10.3 Å². The Morgan fingerprint density at radius 1 is 1.42 bits per heavy atom. The van der Waals surface area contributed by atoms with Crippen LogP contribution in [0.3, 0.4) is 0 Å². The van der Waals surface area contributed by atoms with Crippen LogP contribution in [0.1, 0.15) is 11.1 Å². The first-order chi connectivity index (χ1) is 5.79. The zero-order valence-corrected chi connectivity index (χ0v) is 6.68. The van der Waals surface area contributed by atoms with E-state index >= 15 is 0 Å². The highest BCUT2D eigenvalue weighted by Gasteiger charge is 2.13. The number of nitrogen functional groups attached to an aromatic ring is 1. The molecule has 1 aromatic rings. The van der Waals surface area contributed by atoms with Gasteiger partial charge in [-0.25, -0.2) is 0 Å². The van der Waals surface area contributed by atoms with Crippen LogP contribution in [0.5, 0.6) is 0 Å². The van der Waals surface area contributed by atoms with E-state index in [1.54, 1.807) is 6.20 Å². The van der Waals surface area contributed by atoms with Crippen molar-refractivity contribution in [1.29, 1.82) is 0 Å². The number of hydrogen-bond acceptors (Lipinski definition) is 3. The third-order valence-corrected chi connectivity index (χ3v) is 2.20. The summed E-state index contributed by atoms with van der Waals surface area (Å²) in [6.45, 7) is 1.57. The molecule has 0 saturated carbocycles. The molecule has 0 fully saturated rings. The van der Waals surface area contributed by atoms with Crippen molar-refractivity contribution in [3.63, 3.8) is 0 Å². The number of nitrogens with two attached hydrogens (primary N) is 1. The first kappa shape index (κ1) is 7.36. The molecule has 1 aliphatic heterocycles. The molecule has 0 aliphatic carbocycles. The Morgan fingerprint density at radius 2 is 2.25 bits per heavy atom. The van der Waals surface area contributed by atoms with Gasteiger partial charge in [0.05, 0.1) is 5.69 Å². The number of anilines is 1. The number of H-pyrrole nitrogens is 1. The van der Waals surface area contributed by atoms with Gasteiger partial charge >= 0.3 is 0 Å². The minimum absolute atomic E-state index is 0.000648. The van der Waals surface area contributed by atoms with Gasteiger partial charge in [0.1, 0.15) is 0 Å². The predicted octanol–water partition coefficient (Wildman–Crippen LogP) is -0.397. The molecular weight excluding hydrogens is 154 g/mol. The van der Waals surface area contributed by atoms with Gasteiger partial charge in [-0.3, -0.25) is 4.79 Å². The topological polar surface area (TPSA) is 70.9 Å². The van der Waals surface area contributed by atoms with E-state index in [-0.39, 0.29) is 5.56 Å². The maximum Gasteiger partial charge on any atom is 0.251 e. The normalized spacial score (nSPS) is 15.7. The van der Waals surface area contributed by atoms with Crippen molar-refractivity contribution in [3.8, 4) is 0 Å². The van der Waals surface area contributed by atoms with Gasteiger partial charge in [0.2, 0.25) is 0 Å². The van der Waals surface area contributed by atoms with E-state index in [4.69, 9.17) is 5.73 Å². The summed E-state index contributed by atoms with van der Waals surface area (Å²) in [4.78, 5) is 13.9. The molecule has 4 N–H and O–H groups in total. The smallest absolute Gasteiger partial charge is 0.251 e. The fraction of sp³-hybridized carbons (Fsp3) is 0.375. The molecule has 0 unspecified atom stereocenters. The number of aromatic amines is 1. The second-order valence-electron chi connectivity index (χ2n) is 2.96. The number of hydrogen-bond donors (Lipinski definition) is 3. The van der Waals surface area contributed by atoms with E-state index < -0.39 is 0 Å². The highest BCUT2D eigenvalue weighted by atomic mass is 16.1. The molecule has 4 heteroatoms. The van der Waals surface area contributed by atoms with Gasteiger partial charge in [-0.1, -0.05) is 0 Å². The minimum Gasteiger partial charge on any atom is -0.397 e. The van der Waals surface area contributed by atoms with Crippen molar-refractivity contribution in [2.24, 2.45) is 0 Å². The molecule has 0 bridgehead atoms. The Labute approximate surface area is 69.8 Å². The Bertz CT molecular complexity index is 356. The van der Waals surface area contributed by atoms with Crippen molar-refractivity contribution in [3.05, 3.63) is 27.7 Å². The van der Waals surface area contributed by atoms with Gasteiger partial charge in [-0.2, -0.15) is 0 Å². The second-order valence-corrected chi connectivity index (χ2v) is 2.96. The summed E-state index contributed by atoms with van der Waals surface area (Å²) >= 11 is 0. The summed E-state index contributed by atoms with van der Waals surface area (Å²) in [5.41, 5.74) is 8.18. The lowest BCUT2D eigenvalue weighted by atomic mass is 10.0. The largest absolute Gasteiger partial charge is 0.397 e. The predicted molar refractivity (Wildman–Crippen MR) is 46.9 cm³/mol. The molecule has 12 heavy (non-hydrogen) atoms. The molecule has 2 heterocycles. The fourth-order valence-corrected chi connectivity index (χ4v) is 1.53. The summed E-state index contributed by atoms with van der Waals surface area (Å²) in [7, 11) is 0. The van der Waals surface area contributed by atoms with Crippen LogP contribution < -0.4 is 16.6 Å². The van der Waals surface area contributed by atoms with Crippen LogP contribution >= 0.6 is 0 Å². The number of nitrogens with one attached hydrogen (secondary N) is 2. The summed E-state index contributed by atoms with van der Waals surface area (Å²) in [5, 5.41) is 3.18. The second kappa shape index (κ2) is 2.64. The van der Waals surface area contributed by atoms with Gasteiger partial charge in [0.25, 0.3) is 5.56 Å². The molecule has 0 amide bonds. The number of rotatable bonds is 0. The van der Waals surface area contributed by atoms with Crippen molar-refractivity contribution >= 4 is 5.69 Å². The van der Waals surface area contributed by atoms with Crippen molar-refractivity contribution in [2.45, 2.75) is 13.0 Å². The van der Waals surface area contributed by atoms with Crippen LogP contribution in [0, 0.1) is 0 Å². The van der Waals surface area contributed by atoms with E-state index in [0.29, 0.717) is 12.2 Å². The SMILES string of the molecule is Nc1c[nH]c(=O)c2c1CNCC2. The van der Waals surface area contributed by atoms with Crippen LogP contribution in [0.15, 0.2) is 11.0 Å². The molecule has 2 rings (SSSR count). The Hall–Kier alpha value is -1.29. The number of pyridine rings is 1. The van der Waals surface area contributed by atoms with Crippen LogP contribution in [0.4, 0.5) is 5.69 Å². The molecule has 1 aliphatic rings. The molecule has 0 spiro atoms. The molecule has 0 aromatic carbocycles. The molecule has 1 aromatic heterocycles. The Balaban J connectivity index is 2.64. The lowest BCUT2D eigenvalue weighted by Crippen LogP contribution is -2.30. The molecule has 0 radical (unpaired) electrons. The van der Waals surface area contributed by atoms with E-state index in [0.717, 1.165) is 24.1 Å². The van der Waals surface area contributed by atoms with Crippen LogP contribution in [-0.2, 0) is 13.0 Å². The highest BCUT2D eigenvalue weighted by molar-refractivity contribution is 5.49. The zero-order chi connectivity index (χ0) is 8.55. The van der Waals surface area contributed by atoms with Gasteiger partial charge in [-0.15, -0.1) is 0 Å². The quantitative estimate of drug-likeness (QED) is 0.490. The van der Waals surface area contributed by atoms with Crippen LogP contribution in [-0.4, -0.2) is 11.5 Å². The zero-order valence-electron chi connectivity index (χ0n) is 6.68. The average Bonchev–Trinajstić information content (AvgIpc) is 2.12. The van der Waals surface area contributed by atoms with E-state index in [1.807, 2.05) is 0 Å². The van der Waals surface area contributed by atoms with E-state index in [9.17, 15) is 4.79 Å². The van der Waals surface area contributed by atoms with Crippen molar-refractivity contribution in [2.75, 3.05) is 12.3 Å². The molecule has 0 saturated heterocycles. The van der Waals surface area contributed by atoms with Crippen LogP contribution in [0.25, 0.3) is 0 Å². The molecule has 64 valence electrons. The first-order valence-corrected chi connectivity index (χ1v) is 3.98. The maximum atomic E-state index is 11.3.